The molecule has 2 rings (SSSR count). The van der Waals surface area contributed by atoms with Crippen LogP contribution in [0.5, 0.6) is 5.75 Å². The first-order valence-electron chi connectivity index (χ1n) is 6.89. The maximum absolute atomic E-state index is 11.7. The van der Waals surface area contributed by atoms with Crippen LogP contribution in [0.15, 0.2) is 33.3 Å². The van der Waals surface area contributed by atoms with E-state index in [-0.39, 0.29) is 32.5 Å². The lowest BCUT2D eigenvalue weighted by atomic mass is 10.2. The predicted octanol–water partition coefficient (Wildman–Crippen LogP) is 2.62. The quantitative estimate of drug-likeness (QED) is 0.264. The van der Waals surface area contributed by atoms with Gasteiger partial charge in [0.25, 0.3) is 5.91 Å². The van der Waals surface area contributed by atoms with Gasteiger partial charge in [-0.2, -0.15) is 5.10 Å². The number of methoxy groups -OCH3 is 1. The summed E-state index contributed by atoms with van der Waals surface area (Å²) in [6.07, 6.45) is 7.59. The molecule has 134 valence electrons. The normalized spacial score (nSPS) is 16.8. The van der Waals surface area contributed by atoms with Crippen LogP contribution in [0.1, 0.15) is 5.56 Å². The Bertz CT molecular complexity index is 852. The number of esters is 1. The number of amides is 1. The topological polar surface area (TPSA) is 89.4 Å². The van der Waals surface area contributed by atoms with E-state index in [9.17, 15) is 9.59 Å². The number of carbonyl (C=O) groups is 2. The van der Waals surface area contributed by atoms with Crippen molar-refractivity contribution in [1.29, 1.82) is 0 Å². The van der Waals surface area contributed by atoms with Crippen molar-refractivity contribution in [2.45, 2.75) is 0 Å². The zero-order valence-electron chi connectivity index (χ0n) is 13.3. The van der Waals surface area contributed by atoms with E-state index < -0.39 is 11.9 Å². The molecule has 1 amide bonds. The van der Waals surface area contributed by atoms with Crippen molar-refractivity contribution in [3.05, 3.63) is 38.7 Å². The minimum Gasteiger partial charge on any atom is -0.478 e. The lowest BCUT2D eigenvalue weighted by Gasteiger charge is -2.07. The Morgan fingerprint density at radius 3 is 2.73 bits per heavy atom. The Morgan fingerprint density at radius 2 is 2.12 bits per heavy atom. The van der Waals surface area contributed by atoms with Gasteiger partial charge in [-0.05, 0) is 29.5 Å². The fraction of sp³-hybridized carbons (Fsp3) is 0.125. The summed E-state index contributed by atoms with van der Waals surface area (Å²) in [4.78, 5) is 23.0. The highest BCUT2D eigenvalue weighted by atomic mass is 35.5. The van der Waals surface area contributed by atoms with Gasteiger partial charge >= 0.3 is 5.97 Å². The van der Waals surface area contributed by atoms with Gasteiger partial charge < -0.3 is 9.47 Å². The average Bonchev–Trinajstić information content (AvgIpc) is 2.93. The van der Waals surface area contributed by atoms with Crippen LogP contribution in [-0.2, 0) is 14.3 Å². The summed E-state index contributed by atoms with van der Waals surface area (Å²) in [7, 11) is 1.22. The summed E-state index contributed by atoms with van der Waals surface area (Å²) in [5.41, 5.74) is 0.567. The number of hydrogen-bond acceptors (Lipinski definition) is 7. The lowest BCUT2D eigenvalue weighted by molar-refractivity contribution is -0.135. The molecule has 0 aliphatic carbocycles. The summed E-state index contributed by atoms with van der Waals surface area (Å²) in [6, 6.07) is 3.15. The van der Waals surface area contributed by atoms with Crippen LogP contribution in [0, 0.1) is 12.3 Å². The van der Waals surface area contributed by atoms with Gasteiger partial charge in [0.2, 0.25) is 0 Å². The number of carbonyl (C=O) groups excluding carboxylic acids is 2. The van der Waals surface area contributed by atoms with Crippen LogP contribution in [0.25, 0.3) is 0 Å². The van der Waals surface area contributed by atoms with Crippen LogP contribution in [0.2, 0.25) is 10.0 Å². The number of thioether (sulfide) groups is 1. The standard InChI is InChI=1S/C16H11Cl2N3O4S/c1-3-4-25-14-10(17)5-9(6-11(14)18)8-19-21-16-20-15(23)12(26-16)7-13(22)24-2/h1,5-8H,4H2,2H3,(H,20,21,23)/b12-7+,19-8?. The molecule has 0 spiro atoms. The van der Waals surface area contributed by atoms with Gasteiger partial charge in [0, 0.05) is 6.08 Å². The first kappa shape index (κ1) is 19.8. The Morgan fingerprint density at radius 1 is 1.42 bits per heavy atom. The average molecular weight is 412 g/mol. The summed E-state index contributed by atoms with van der Waals surface area (Å²) in [6.45, 7) is 0.0406. The number of halogens is 2. The smallest absolute Gasteiger partial charge is 0.331 e. The molecule has 0 radical (unpaired) electrons. The van der Waals surface area contributed by atoms with Gasteiger partial charge in [-0.3, -0.25) is 10.1 Å². The van der Waals surface area contributed by atoms with E-state index in [2.05, 4.69) is 26.2 Å². The highest BCUT2D eigenvalue weighted by molar-refractivity contribution is 8.18. The fourth-order valence-corrected chi connectivity index (χ4v) is 3.05. The van der Waals surface area contributed by atoms with Crippen LogP contribution in [0.3, 0.4) is 0 Å². The molecule has 1 aromatic rings. The molecule has 0 aromatic heterocycles. The van der Waals surface area contributed by atoms with Crippen molar-refractivity contribution in [3.63, 3.8) is 0 Å². The van der Waals surface area contributed by atoms with Crippen LogP contribution in [-0.4, -0.2) is 37.0 Å². The molecule has 1 N–H and O–H groups in total. The predicted molar refractivity (Wildman–Crippen MR) is 102 cm³/mol. The highest BCUT2D eigenvalue weighted by Crippen LogP contribution is 2.33. The zero-order chi connectivity index (χ0) is 19.1. The molecule has 0 atom stereocenters. The molecule has 1 aromatic carbocycles. The maximum Gasteiger partial charge on any atom is 0.331 e. The second-order valence-electron chi connectivity index (χ2n) is 4.54. The fourth-order valence-electron chi connectivity index (χ4n) is 1.69. The highest BCUT2D eigenvalue weighted by Gasteiger charge is 2.25. The zero-order valence-corrected chi connectivity index (χ0v) is 15.6. The van der Waals surface area contributed by atoms with E-state index in [0.717, 1.165) is 17.8 Å². The van der Waals surface area contributed by atoms with Crippen molar-refractivity contribution in [2.24, 2.45) is 10.2 Å². The second-order valence-corrected chi connectivity index (χ2v) is 6.39. The Labute approximate surface area is 163 Å². The molecular formula is C16H11Cl2N3O4S. The minimum atomic E-state index is -0.635. The summed E-state index contributed by atoms with van der Waals surface area (Å²) in [5.74, 6) is 1.50. The van der Waals surface area contributed by atoms with Gasteiger partial charge in [0.1, 0.15) is 6.61 Å². The number of benzene rings is 1. The van der Waals surface area contributed by atoms with Crippen LogP contribution < -0.4 is 10.1 Å². The Kier molecular flexibility index (Phi) is 7.09. The van der Waals surface area contributed by atoms with Crippen LogP contribution >= 0.6 is 35.0 Å². The molecule has 1 aliphatic rings. The molecule has 10 heteroatoms. The minimum absolute atomic E-state index is 0.0406. The monoisotopic (exact) mass is 411 g/mol. The largest absolute Gasteiger partial charge is 0.478 e. The number of terminal acetylenes is 1. The number of nitrogens with one attached hydrogen (secondary N) is 1. The van der Waals surface area contributed by atoms with Gasteiger partial charge in [0.05, 0.1) is 28.3 Å². The van der Waals surface area contributed by atoms with E-state index in [1.54, 1.807) is 12.1 Å². The molecule has 0 saturated carbocycles. The Balaban J connectivity index is 2.10. The van der Waals surface area contributed by atoms with Crippen LogP contribution in [0.4, 0.5) is 0 Å². The van der Waals surface area contributed by atoms with E-state index in [1.165, 1.54) is 13.3 Å². The van der Waals surface area contributed by atoms with Crippen molar-refractivity contribution in [1.82, 2.24) is 5.32 Å². The number of rotatable bonds is 5. The molecule has 1 heterocycles. The number of amidine groups is 1. The molecule has 1 aliphatic heterocycles. The van der Waals surface area contributed by atoms with Gasteiger partial charge in [-0.25, -0.2) is 4.79 Å². The van der Waals surface area contributed by atoms with E-state index in [1.807, 2.05) is 0 Å². The SMILES string of the molecule is C#CCOc1c(Cl)cc(C=N/N=C2/NC(=O)/C(=C\C(=O)OC)S2)cc1Cl. The maximum atomic E-state index is 11.7. The molecular weight excluding hydrogens is 401 g/mol. The van der Waals surface area contributed by atoms with E-state index in [4.69, 9.17) is 34.4 Å². The molecule has 0 bridgehead atoms. The van der Waals surface area contributed by atoms with Gasteiger partial charge in [0.15, 0.2) is 10.9 Å². The number of nitrogens with zero attached hydrogens (tertiary/aromatic N) is 2. The Hall–Kier alpha value is -2.47. The molecule has 1 saturated heterocycles. The third-order valence-corrected chi connectivity index (χ3v) is 4.24. The number of ether oxygens (including phenoxy) is 2. The molecule has 1 fully saturated rings. The summed E-state index contributed by atoms with van der Waals surface area (Å²) < 4.78 is 9.72. The van der Waals surface area contributed by atoms with Crippen molar-refractivity contribution < 1.29 is 19.1 Å². The van der Waals surface area contributed by atoms with Gasteiger partial charge in [-0.1, -0.05) is 29.1 Å². The van der Waals surface area contributed by atoms with E-state index in [0.29, 0.717) is 5.56 Å². The van der Waals surface area contributed by atoms with Crippen molar-refractivity contribution in [3.8, 4) is 18.1 Å². The third kappa shape index (κ3) is 5.26. The van der Waals surface area contributed by atoms with Gasteiger partial charge in [-0.15, -0.1) is 11.5 Å². The molecule has 26 heavy (non-hydrogen) atoms. The summed E-state index contributed by atoms with van der Waals surface area (Å²) in [5, 5.41) is 11.0. The van der Waals surface area contributed by atoms with Crippen molar-refractivity contribution in [2.75, 3.05) is 13.7 Å². The first-order chi connectivity index (χ1) is 12.4. The second kappa shape index (κ2) is 9.29. The van der Waals surface area contributed by atoms with E-state index >= 15 is 0 Å². The summed E-state index contributed by atoms with van der Waals surface area (Å²) >= 11 is 13.1. The lowest BCUT2D eigenvalue weighted by Crippen LogP contribution is -2.19. The third-order valence-electron chi connectivity index (χ3n) is 2.78. The molecule has 7 nitrogen and oxygen atoms in total. The molecule has 0 unspecified atom stereocenters. The van der Waals surface area contributed by atoms with Crippen molar-refractivity contribution >= 4 is 58.2 Å². The number of hydrogen-bond donors (Lipinski definition) is 1. The first-order valence-corrected chi connectivity index (χ1v) is 8.47.